The van der Waals surface area contributed by atoms with Crippen molar-refractivity contribution in [3.63, 3.8) is 0 Å². The zero-order valence-electron chi connectivity index (χ0n) is 10.1. The highest BCUT2D eigenvalue weighted by Crippen LogP contribution is 2.09. The molecule has 0 unspecified atom stereocenters. The molecule has 1 aliphatic rings. The van der Waals surface area contributed by atoms with Gasteiger partial charge in [0.2, 0.25) is 0 Å². The van der Waals surface area contributed by atoms with E-state index in [0.29, 0.717) is 18.3 Å². The van der Waals surface area contributed by atoms with Gasteiger partial charge in [0.05, 0.1) is 5.75 Å². The lowest BCUT2D eigenvalue weighted by Crippen LogP contribution is -2.42. The zero-order chi connectivity index (χ0) is 11.3. The Hall–Kier alpha value is 0.160. The highest BCUT2D eigenvalue weighted by molar-refractivity contribution is 7.91. The molecular formula is C10H23ClN2O2S. The monoisotopic (exact) mass is 270 g/mol. The molecule has 1 N–H and O–H groups in total. The van der Waals surface area contributed by atoms with Crippen molar-refractivity contribution >= 4 is 22.2 Å². The van der Waals surface area contributed by atoms with Crippen LogP contribution < -0.4 is 5.32 Å². The van der Waals surface area contributed by atoms with Crippen LogP contribution in [-0.2, 0) is 9.84 Å². The van der Waals surface area contributed by atoms with E-state index in [9.17, 15) is 8.42 Å². The largest absolute Gasteiger partial charge is 0.317 e. The van der Waals surface area contributed by atoms with E-state index < -0.39 is 9.84 Å². The first-order valence-electron chi connectivity index (χ1n) is 5.67. The van der Waals surface area contributed by atoms with Gasteiger partial charge in [0.25, 0.3) is 0 Å². The van der Waals surface area contributed by atoms with Crippen LogP contribution in [0.25, 0.3) is 0 Å². The maximum absolute atomic E-state index is 11.3. The maximum atomic E-state index is 11.3. The topological polar surface area (TPSA) is 49.4 Å². The predicted molar refractivity (Wildman–Crippen MR) is 70.1 cm³/mol. The van der Waals surface area contributed by atoms with E-state index in [1.807, 2.05) is 7.05 Å². The van der Waals surface area contributed by atoms with Crippen LogP contribution in [0.3, 0.4) is 0 Å². The summed E-state index contributed by atoms with van der Waals surface area (Å²) in [6.45, 7) is 4.45. The van der Waals surface area contributed by atoms with E-state index in [1.165, 1.54) is 0 Å². The minimum absolute atomic E-state index is 0. The molecule has 4 nitrogen and oxygen atoms in total. The van der Waals surface area contributed by atoms with Gasteiger partial charge in [-0.05, 0) is 33.0 Å². The Labute approximate surface area is 105 Å². The van der Waals surface area contributed by atoms with E-state index in [2.05, 4.69) is 10.2 Å². The van der Waals surface area contributed by atoms with Gasteiger partial charge >= 0.3 is 0 Å². The molecule has 6 heteroatoms. The average Bonchev–Trinajstić information content (AvgIpc) is 2.27. The lowest BCUT2D eigenvalue weighted by Gasteiger charge is -2.31. The van der Waals surface area contributed by atoms with Crippen LogP contribution in [0.2, 0.25) is 0 Å². The van der Waals surface area contributed by atoms with Crippen LogP contribution in [-0.4, -0.2) is 57.5 Å². The molecule has 0 radical (unpaired) electrons. The van der Waals surface area contributed by atoms with E-state index in [-0.39, 0.29) is 18.2 Å². The Kier molecular flexibility index (Phi) is 7.55. The molecule has 0 aromatic heterocycles. The molecule has 0 aromatic carbocycles. The van der Waals surface area contributed by atoms with Crippen molar-refractivity contribution in [3.05, 3.63) is 0 Å². The number of rotatable bonds is 5. The van der Waals surface area contributed by atoms with Crippen molar-refractivity contribution in [2.75, 3.05) is 38.2 Å². The average molecular weight is 271 g/mol. The van der Waals surface area contributed by atoms with E-state index >= 15 is 0 Å². The fourth-order valence-electron chi connectivity index (χ4n) is 1.86. The van der Waals surface area contributed by atoms with Gasteiger partial charge in [0, 0.05) is 18.3 Å². The number of nitrogens with one attached hydrogen (secondary N) is 1. The van der Waals surface area contributed by atoms with Gasteiger partial charge in [-0.2, -0.15) is 0 Å². The van der Waals surface area contributed by atoms with Crippen molar-refractivity contribution in [3.8, 4) is 0 Å². The minimum Gasteiger partial charge on any atom is -0.317 e. The molecule has 98 valence electrons. The summed E-state index contributed by atoms with van der Waals surface area (Å²) in [5.74, 6) is 0.577. The summed E-state index contributed by atoms with van der Waals surface area (Å²) in [5, 5.41) is 3.26. The second-order valence-corrected chi connectivity index (χ2v) is 6.61. The summed E-state index contributed by atoms with van der Waals surface area (Å²) < 4.78 is 22.6. The number of nitrogens with zero attached hydrogens (tertiary/aromatic N) is 1. The van der Waals surface area contributed by atoms with Gasteiger partial charge in [-0.25, -0.2) is 8.42 Å². The van der Waals surface area contributed by atoms with Gasteiger partial charge < -0.3 is 10.2 Å². The number of hydrogen-bond donors (Lipinski definition) is 1. The van der Waals surface area contributed by atoms with E-state index in [4.69, 9.17) is 0 Å². The van der Waals surface area contributed by atoms with E-state index in [1.54, 1.807) is 6.92 Å². The summed E-state index contributed by atoms with van der Waals surface area (Å²) in [6.07, 6.45) is 2.26. The molecule has 1 heterocycles. The second-order valence-electron chi connectivity index (χ2n) is 4.14. The zero-order valence-corrected chi connectivity index (χ0v) is 11.7. The van der Waals surface area contributed by atoms with Crippen LogP contribution in [0.5, 0.6) is 0 Å². The Morgan fingerprint density at radius 2 is 1.88 bits per heavy atom. The van der Waals surface area contributed by atoms with Gasteiger partial charge in [-0.1, -0.05) is 6.92 Å². The number of piperidine rings is 1. The Bertz CT molecular complexity index is 275. The van der Waals surface area contributed by atoms with Gasteiger partial charge in [0.15, 0.2) is 9.84 Å². The molecule has 0 atom stereocenters. The lowest BCUT2D eigenvalue weighted by atomic mass is 10.1. The van der Waals surface area contributed by atoms with Crippen LogP contribution in [0.1, 0.15) is 19.8 Å². The summed E-state index contributed by atoms with van der Waals surface area (Å²) >= 11 is 0. The summed E-state index contributed by atoms with van der Waals surface area (Å²) in [5.41, 5.74) is 0. The predicted octanol–water partition coefficient (Wildman–Crippen LogP) is 0.527. The molecule has 1 aliphatic heterocycles. The second kappa shape index (κ2) is 7.48. The van der Waals surface area contributed by atoms with Crippen molar-refractivity contribution in [1.29, 1.82) is 0 Å². The minimum atomic E-state index is -2.80. The first-order valence-corrected chi connectivity index (χ1v) is 7.49. The molecule has 0 aromatic rings. The van der Waals surface area contributed by atoms with Crippen molar-refractivity contribution < 1.29 is 8.42 Å². The quantitative estimate of drug-likeness (QED) is 0.792. The van der Waals surface area contributed by atoms with Gasteiger partial charge in [-0.3, -0.25) is 0 Å². The number of sulfone groups is 1. The standard InChI is InChI=1S/C10H22N2O2S.ClH/c1-3-15(13,14)9-8-12-6-4-10(11-2)5-7-12;/h10-11H,3-9H2,1-2H3;1H. The van der Waals surface area contributed by atoms with Crippen molar-refractivity contribution in [1.82, 2.24) is 10.2 Å². The first-order chi connectivity index (χ1) is 7.07. The lowest BCUT2D eigenvalue weighted by molar-refractivity contribution is 0.211. The Morgan fingerprint density at radius 1 is 1.31 bits per heavy atom. The molecule has 0 saturated carbocycles. The molecule has 0 amide bonds. The highest BCUT2D eigenvalue weighted by atomic mass is 35.5. The third-order valence-corrected chi connectivity index (χ3v) is 4.84. The third kappa shape index (κ3) is 5.48. The third-order valence-electron chi connectivity index (χ3n) is 3.15. The van der Waals surface area contributed by atoms with Crippen LogP contribution in [0.4, 0.5) is 0 Å². The molecule has 16 heavy (non-hydrogen) atoms. The SMILES string of the molecule is CCS(=O)(=O)CCN1CCC(NC)CC1.Cl. The molecular weight excluding hydrogens is 248 g/mol. The maximum Gasteiger partial charge on any atom is 0.151 e. The number of halogens is 1. The molecule has 0 aliphatic carbocycles. The highest BCUT2D eigenvalue weighted by Gasteiger charge is 2.18. The molecule has 1 saturated heterocycles. The fraction of sp³-hybridized carbons (Fsp3) is 1.00. The van der Waals surface area contributed by atoms with E-state index in [0.717, 1.165) is 25.9 Å². The first kappa shape index (κ1) is 16.2. The normalized spacial score (nSPS) is 19.4. The summed E-state index contributed by atoms with van der Waals surface area (Å²) in [6, 6.07) is 0.615. The van der Waals surface area contributed by atoms with Crippen LogP contribution >= 0.6 is 12.4 Å². The molecule has 0 bridgehead atoms. The smallest absolute Gasteiger partial charge is 0.151 e. The van der Waals surface area contributed by atoms with Crippen molar-refractivity contribution in [2.45, 2.75) is 25.8 Å². The Morgan fingerprint density at radius 3 is 2.31 bits per heavy atom. The summed E-state index contributed by atoms with van der Waals surface area (Å²) in [7, 11) is -0.807. The fourth-order valence-corrected chi connectivity index (χ4v) is 2.68. The molecule has 1 fully saturated rings. The number of hydrogen-bond acceptors (Lipinski definition) is 4. The van der Waals surface area contributed by atoms with Gasteiger partial charge in [0.1, 0.15) is 0 Å². The van der Waals surface area contributed by atoms with Crippen LogP contribution in [0.15, 0.2) is 0 Å². The molecule has 0 spiro atoms. The van der Waals surface area contributed by atoms with Crippen LogP contribution in [0, 0.1) is 0 Å². The summed E-state index contributed by atoms with van der Waals surface area (Å²) in [4.78, 5) is 2.25. The molecule has 1 rings (SSSR count). The number of likely N-dealkylation sites (tertiary alicyclic amines) is 1. The van der Waals surface area contributed by atoms with Crippen molar-refractivity contribution in [2.24, 2.45) is 0 Å². The Balaban J connectivity index is 0.00000225. The van der Waals surface area contributed by atoms with Gasteiger partial charge in [-0.15, -0.1) is 12.4 Å².